The molecular weight excluding hydrogens is 352 g/mol. The first-order chi connectivity index (χ1) is 13.6. The quantitative estimate of drug-likeness (QED) is 0.729. The van der Waals surface area contributed by atoms with Crippen LogP contribution in [0.4, 0.5) is 0 Å². The van der Waals surface area contributed by atoms with E-state index in [4.69, 9.17) is 9.47 Å². The normalized spacial score (nSPS) is 15.9. The fourth-order valence-corrected chi connectivity index (χ4v) is 3.49. The molecule has 1 aliphatic rings. The van der Waals surface area contributed by atoms with Crippen molar-refractivity contribution >= 4 is 5.97 Å². The van der Waals surface area contributed by atoms with E-state index in [0.29, 0.717) is 11.5 Å². The highest BCUT2D eigenvalue weighted by Crippen LogP contribution is 2.36. The van der Waals surface area contributed by atoms with Crippen LogP contribution in [0.2, 0.25) is 0 Å². The van der Waals surface area contributed by atoms with Gasteiger partial charge in [-0.1, -0.05) is 43.0 Å². The average Bonchev–Trinajstić information content (AvgIpc) is 3.22. The molecule has 146 valence electrons. The van der Waals surface area contributed by atoms with Crippen molar-refractivity contribution in [2.24, 2.45) is 5.92 Å². The molecule has 2 aromatic rings. The molecule has 1 saturated carbocycles. The molecule has 1 unspecified atom stereocenters. The smallest absolute Gasteiger partial charge is 0.307 e. The maximum Gasteiger partial charge on any atom is 0.307 e. The van der Waals surface area contributed by atoms with E-state index < -0.39 is 17.8 Å². The standard InChI is InChI=1S/C24H26O4/c1-17(24(25)26)21(14-12-18-8-4-3-5-9-18)19-13-15-22(27-2)23(16-19)28-20-10-6-7-11-20/h3-5,8-9,13,15-17,20-21H,6-7,10-11H2,1-2H3,(H,25,26)/t17-,21?/m1/s1. The van der Waals surface area contributed by atoms with Crippen LogP contribution in [0, 0.1) is 17.8 Å². The van der Waals surface area contributed by atoms with Crippen molar-refractivity contribution in [1.82, 2.24) is 0 Å². The number of ether oxygens (including phenoxy) is 2. The number of rotatable bonds is 6. The van der Waals surface area contributed by atoms with E-state index in [0.717, 1.165) is 24.0 Å². The van der Waals surface area contributed by atoms with Crippen LogP contribution < -0.4 is 9.47 Å². The highest BCUT2D eigenvalue weighted by Gasteiger charge is 2.26. The van der Waals surface area contributed by atoms with E-state index in [9.17, 15) is 9.90 Å². The summed E-state index contributed by atoms with van der Waals surface area (Å²) in [6, 6.07) is 15.2. The lowest BCUT2D eigenvalue weighted by Crippen LogP contribution is -2.18. The third kappa shape index (κ3) is 4.86. The van der Waals surface area contributed by atoms with Crippen LogP contribution in [-0.4, -0.2) is 24.3 Å². The van der Waals surface area contributed by atoms with Crippen molar-refractivity contribution in [3.05, 3.63) is 59.7 Å². The van der Waals surface area contributed by atoms with Crippen LogP contribution in [0.5, 0.6) is 11.5 Å². The Labute approximate surface area is 166 Å². The minimum Gasteiger partial charge on any atom is -0.493 e. The second kappa shape index (κ2) is 9.32. The Morgan fingerprint density at radius 2 is 1.82 bits per heavy atom. The zero-order valence-electron chi connectivity index (χ0n) is 16.4. The largest absolute Gasteiger partial charge is 0.493 e. The molecule has 1 N–H and O–H groups in total. The van der Waals surface area contributed by atoms with Crippen molar-refractivity contribution in [2.75, 3.05) is 7.11 Å². The molecule has 2 atom stereocenters. The average molecular weight is 378 g/mol. The first-order valence-electron chi connectivity index (χ1n) is 9.72. The molecule has 4 heteroatoms. The van der Waals surface area contributed by atoms with E-state index in [2.05, 4.69) is 11.8 Å². The molecule has 0 bridgehead atoms. The van der Waals surface area contributed by atoms with Gasteiger partial charge in [0.25, 0.3) is 0 Å². The van der Waals surface area contributed by atoms with Crippen LogP contribution in [0.3, 0.4) is 0 Å². The fraction of sp³-hybridized carbons (Fsp3) is 0.375. The van der Waals surface area contributed by atoms with Gasteiger partial charge in [0.2, 0.25) is 0 Å². The first-order valence-corrected chi connectivity index (χ1v) is 9.72. The van der Waals surface area contributed by atoms with Crippen LogP contribution in [-0.2, 0) is 4.79 Å². The van der Waals surface area contributed by atoms with Gasteiger partial charge in [0.05, 0.1) is 25.0 Å². The van der Waals surface area contributed by atoms with Crippen LogP contribution in [0.1, 0.15) is 49.7 Å². The molecule has 0 aliphatic heterocycles. The molecule has 0 saturated heterocycles. The van der Waals surface area contributed by atoms with Crippen molar-refractivity contribution in [3.63, 3.8) is 0 Å². The summed E-state index contributed by atoms with van der Waals surface area (Å²) in [4.78, 5) is 11.7. The van der Waals surface area contributed by atoms with E-state index in [-0.39, 0.29) is 6.10 Å². The number of aliphatic carboxylic acids is 1. The summed E-state index contributed by atoms with van der Waals surface area (Å²) < 4.78 is 11.6. The molecule has 0 radical (unpaired) electrons. The summed E-state index contributed by atoms with van der Waals surface area (Å²) in [7, 11) is 1.61. The van der Waals surface area contributed by atoms with Crippen molar-refractivity contribution in [1.29, 1.82) is 0 Å². The van der Waals surface area contributed by atoms with Gasteiger partial charge in [0.15, 0.2) is 11.5 Å². The number of benzene rings is 2. The molecule has 1 aliphatic carbocycles. The van der Waals surface area contributed by atoms with Gasteiger partial charge >= 0.3 is 5.97 Å². The Morgan fingerprint density at radius 1 is 1.11 bits per heavy atom. The lowest BCUT2D eigenvalue weighted by molar-refractivity contribution is -0.141. The predicted molar refractivity (Wildman–Crippen MR) is 109 cm³/mol. The molecule has 0 spiro atoms. The summed E-state index contributed by atoms with van der Waals surface area (Å²) in [5.41, 5.74) is 1.69. The van der Waals surface area contributed by atoms with Gasteiger partial charge in [-0.05, 0) is 55.5 Å². The third-order valence-corrected chi connectivity index (χ3v) is 5.18. The molecule has 0 amide bonds. The van der Waals surface area contributed by atoms with E-state index in [1.807, 2.05) is 48.5 Å². The summed E-state index contributed by atoms with van der Waals surface area (Å²) in [5.74, 6) is 5.63. The van der Waals surface area contributed by atoms with E-state index >= 15 is 0 Å². The molecule has 0 aromatic heterocycles. The second-order valence-electron chi connectivity index (χ2n) is 7.17. The Morgan fingerprint density at radius 3 is 2.46 bits per heavy atom. The minimum absolute atomic E-state index is 0.190. The fourth-order valence-electron chi connectivity index (χ4n) is 3.49. The molecule has 3 rings (SSSR count). The number of hydrogen-bond donors (Lipinski definition) is 1. The highest BCUT2D eigenvalue weighted by atomic mass is 16.5. The van der Waals surface area contributed by atoms with Crippen molar-refractivity contribution in [3.8, 4) is 23.3 Å². The Hall–Kier alpha value is -2.93. The van der Waals surface area contributed by atoms with E-state index in [1.54, 1.807) is 14.0 Å². The number of methoxy groups -OCH3 is 1. The van der Waals surface area contributed by atoms with Gasteiger partial charge < -0.3 is 14.6 Å². The second-order valence-corrected chi connectivity index (χ2v) is 7.17. The summed E-state index contributed by atoms with van der Waals surface area (Å²) in [5, 5.41) is 9.59. The number of carboxylic acid groups (broad SMARTS) is 1. The number of carboxylic acids is 1. The summed E-state index contributed by atoms with van der Waals surface area (Å²) >= 11 is 0. The molecule has 28 heavy (non-hydrogen) atoms. The molecular formula is C24H26O4. The van der Waals surface area contributed by atoms with Crippen LogP contribution in [0.25, 0.3) is 0 Å². The summed E-state index contributed by atoms with van der Waals surface area (Å²) in [6.45, 7) is 1.69. The third-order valence-electron chi connectivity index (χ3n) is 5.18. The summed E-state index contributed by atoms with van der Waals surface area (Å²) in [6.07, 6.45) is 4.61. The zero-order valence-corrected chi connectivity index (χ0v) is 16.4. The van der Waals surface area contributed by atoms with Gasteiger partial charge in [-0.15, -0.1) is 0 Å². The maximum atomic E-state index is 11.7. The highest BCUT2D eigenvalue weighted by molar-refractivity contribution is 5.72. The van der Waals surface area contributed by atoms with E-state index in [1.165, 1.54) is 12.8 Å². The lowest BCUT2D eigenvalue weighted by atomic mass is 9.87. The van der Waals surface area contributed by atoms with Crippen LogP contribution >= 0.6 is 0 Å². The van der Waals surface area contributed by atoms with Crippen molar-refractivity contribution in [2.45, 2.75) is 44.6 Å². The molecule has 0 heterocycles. The van der Waals surface area contributed by atoms with Gasteiger partial charge in [0, 0.05) is 5.56 Å². The zero-order chi connectivity index (χ0) is 19.9. The van der Waals surface area contributed by atoms with Crippen LogP contribution in [0.15, 0.2) is 48.5 Å². The molecule has 2 aromatic carbocycles. The number of carbonyl (C=O) groups is 1. The predicted octanol–water partition coefficient (Wildman–Crippen LogP) is 4.87. The first kappa shape index (κ1) is 19.8. The number of hydrogen-bond acceptors (Lipinski definition) is 3. The maximum absolute atomic E-state index is 11.7. The Kier molecular flexibility index (Phi) is 6.60. The monoisotopic (exact) mass is 378 g/mol. The van der Waals surface area contributed by atoms with Gasteiger partial charge in [0.1, 0.15) is 0 Å². The van der Waals surface area contributed by atoms with Gasteiger partial charge in [-0.25, -0.2) is 0 Å². The Bertz CT molecular complexity index is 857. The Balaban J connectivity index is 1.94. The topological polar surface area (TPSA) is 55.8 Å². The van der Waals surface area contributed by atoms with Gasteiger partial charge in [-0.3, -0.25) is 4.79 Å². The van der Waals surface area contributed by atoms with Gasteiger partial charge in [-0.2, -0.15) is 0 Å². The molecule has 1 fully saturated rings. The SMILES string of the molecule is COc1ccc(C(C#Cc2ccccc2)[C@@H](C)C(=O)O)cc1OC1CCCC1. The molecule has 4 nitrogen and oxygen atoms in total. The minimum atomic E-state index is -0.874. The van der Waals surface area contributed by atoms with Crippen molar-refractivity contribution < 1.29 is 19.4 Å². The lowest BCUT2D eigenvalue weighted by Gasteiger charge is -2.20.